The van der Waals surface area contributed by atoms with E-state index in [1.807, 2.05) is 37.8 Å². The first-order chi connectivity index (χ1) is 16.6. The molecule has 0 aromatic carbocycles. The molecule has 0 unspecified atom stereocenters. The first-order valence-electron chi connectivity index (χ1n) is 11.6. The van der Waals surface area contributed by atoms with E-state index < -0.39 is 11.7 Å². The van der Waals surface area contributed by atoms with Crippen LogP contribution in [0, 0.1) is 32.6 Å². The Morgan fingerprint density at radius 3 is 2.57 bits per heavy atom. The molecule has 3 atom stereocenters. The van der Waals surface area contributed by atoms with Gasteiger partial charge in [-0.2, -0.15) is 13.2 Å². The van der Waals surface area contributed by atoms with Crippen molar-refractivity contribution in [3.8, 4) is 11.5 Å². The van der Waals surface area contributed by atoms with Gasteiger partial charge in [0.15, 0.2) is 0 Å². The van der Waals surface area contributed by atoms with Gasteiger partial charge in [-0.3, -0.25) is 4.79 Å². The van der Waals surface area contributed by atoms with E-state index >= 15 is 0 Å². The molecule has 0 radical (unpaired) electrons. The van der Waals surface area contributed by atoms with Crippen LogP contribution in [0.1, 0.15) is 46.0 Å². The van der Waals surface area contributed by atoms with Crippen LogP contribution in [0.5, 0.6) is 0 Å². The second-order valence-electron chi connectivity index (χ2n) is 9.42. The van der Waals surface area contributed by atoms with Gasteiger partial charge in [-0.05, 0) is 69.7 Å². The first-order valence-corrected chi connectivity index (χ1v) is 11.6. The summed E-state index contributed by atoms with van der Waals surface area (Å²) in [6, 6.07) is 5.80. The van der Waals surface area contributed by atoms with Gasteiger partial charge in [0, 0.05) is 31.0 Å². The van der Waals surface area contributed by atoms with E-state index in [0.717, 1.165) is 30.8 Å². The number of rotatable bonds is 5. The maximum Gasteiger partial charge on any atom is 0.417 e. The Bertz CT molecular complexity index is 1240. The molecule has 184 valence electrons. The number of halogens is 3. The second-order valence-corrected chi connectivity index (χ2v) is 9.42. The zero-order chi connectivity index (χ0) is 24.9. The number of hydrogen-bond donors (Lipinski definition) is 1. The van der Waals surface area contributed by atoms with Crippen LogP contribution >= 0.6 is 0 Å². The number of oxazole rings is 1. The van der Waals surface area contributed by atoms with Gasteiger partial charge in [0.05, 0.1) is 16.8 Å². The third-order valence-corrected chi connectivity index (χ3v) is 6.88. The lowest BCUT2D eigenvalue weighted by Crippen LogP contribution is -2.48. The fourth-order valence-corrected chi connectivity index (χ4v) is 4.65. The van der Waals surface area contributed by atoms with Crippen LogP contribution in [0.2, 0.25) is 0 Å². The molecular weight excluding hydrogens is 459 g/mol. The number of fused-ring (bicyclic) bond motifs is 1. The van der Waals surface area contributed by atoms with E-state index in [1.165, 1.54) is 6.07 Å². The molecule has 1 N–H and O–H groups in total. The molecular formula is C25H26F3N5O2. The van der Waals surface area contributed by atoms with Crippen molar-refractivity contribution >= 4 is 11.7 Å². The van der Waals surface area contributed by atoms with Crippen molar-refractivity contribution in [1.82, 2.24) is 19.9 Å². The van der Waals surface area contributed by atoms with Gasteiger partial charge in [-0.25, -0.2) is 15.0 Å². The Balaban J connectivity index is 1.38. The van der Waals surface area contributed by atoms with Gasteiger partial charge in [-0.15, -0.1) is 0 Å². The number of carbonyl (C=O) groups excluding carboxylic acids is 1. The zero-order valence-electron chi connectivity index (χ0n) is 19.7. The number of anilines is 1. The maximum absolute atomic E-state index is 13.8. The van der Waals surface area contributed by atoms with E-state index in [1.54, 1.807) is 0 Å². The monoisotopic (exact) mass is 485 g/mol. The number of nitrogens with one attached hydrogen (secondary N) is 1. The summed E-state index contributed by atoms with van der Waals surface area (Å²) in [4.78, 5) is 28.6. The number of pyridine rings is 2. The topological polar surface area (TPSA) is 84.2 Å². The third kappa shape index (κ3) is 4.74. The second kappa shape index (κ2) is 8.66. The van der Waals surface area contributed by atoms with Crippen molar-refractivity contribution in [1.29, 1.82) is 0 Å². The van der Waals surface area contributed by atoms with Crippen LogP contribution in [-0.2, 0) is 6.18 Å². The third-order valence-electron chi connectivity index (χ3n) is 6.88. The van der Waals surface area contributed by atoms with Crippen molar-refractivity contribution in [2.45, 2.75) is 45.8 Å². The van der Waals surface area contributed by atoms with Crippen molar-refractivity contribution in [2.24, 2.45) is 11.8 Å². The van der Waals surface area contributed by atoms with Gasteiger partial charge in [0.2, 0.25) is 5.89 Å². The minimum atomic E-state index is -4.43. The lowest BCUT2D eigenvalue weighted by atomic mass is 10.0. The SMILES string of the molecule is Cc1ccc(-c2nc(C)c(C)o2)c(C(=O)N2C[C@@H]3C[C@@H]3C[C@H]2CNc2ccc(C(F)(F)F)cn2)n1. The standard InChI is InChI=1S/C25H26F3N5O2/c1-13-4-6-20(23-32-14(2)15(3)35-23)22(31-13)24(34)33-12-17-8-16(17)9-19(33)11-30-21-7-5-18(10-29-21)25(26,27)28/h4-7,10,16-17,19H,8-9,11-12H2,1-3H3,(H,29,30)/t16-,17+,19+/m1/s1. The summed E-state index contributed by atoms with van der Waals surface area (Å²) >= 11 is 0. The van der Waals surface area contributed by atoms with Crippen LogP contribution in [0.15, 0.2) is 34.9 Å². The molecule has 7 nitrogen and oxygen atoms in total. The highest BCUT2D eigenvalue weighted by Crippen LogP contribution is 2.47. The van der Waals surface area contributed by atoms with Crippen LogP contribution in [0.25, 0.3) is 11.5 Å². The molecule has 3 aromatic heterocycles. The van der Waals surface area contributed by atoms with E-state index in [4.69, 9.17) is 4.42 Å². The molecule has 1 amide bonds. The quantitative estimate of drug-likeness (QED) is 0.545. The van der Waals surface area contributed by atoms with Crippen molar-refractivity contribution in [2.75, 3.05) is 18.4 Å². The largest absolute Gasteiger partial charge is 0.441 e. The highest BCUT2D eigenvalue weighted by atomic mass is 19.4. The van der Waals surface area contributed by atoms with E-state index in [2.05, 4.69) is 20.3 Å². The normalized spacial score (nSPS) is 21.5. The lowest BCUT2D eigenvalue weighted by molar-refractivity contribution is -0.137. The summed E-state index contributed by atoms with van der Waals surface area (Å²) < 4.78 is 44.3. The molecule has 10 heteroatoms. The molecule has 1 saturated carbocycles. The van der Waals surface area contributed by atoms with Crippen molar-refractivity contribution in [3.05, 3.63) is 58.9 Å². The Morgan fingerprint density at radius 2 is 1.91 bits per heavy atom. The highest BCUT2D eigenvalue weighted by molar-refractivity contribution is 5.98. The molecule has 0 spiro atoms. The van der Waals surface area contributed by atoms with Gasteiger partial charge < -0.3 is 14.6 Å². The Labute approximate surface area is 200 Å². The number of aromatic nitrogens is 3. The van der Waals surface area contributed by atoms with Crippen LogP contribution in [0.3, 0.4) is 0 Å². The van der Waals surface area contributed by atoms with Gasteiger partial charge in [0.1, 0.15) is 17.3 Å². The number of amides is 1. The fraction of sp³-hybridized carbons (Fsp3) is 0.440. The molecule has 1 aliphatic carbocycles. The molecule has 35 heavy (non-hydrogen) atoms. The molecule has 5 rings (SSSR count). The number of alkyl halides is 3. The molecule has 3 aromatic rings. The number of likely N-dealkylation sites (tertiary alicyclic amines) is 1. The maximum atomic E-state index is 13.8. The number of hydrogen-bond acceptors (Lipinski definition) is 6. The summed E-state index contributed by atoms with van der Waals surface area (Å²) in [5, 5.41) is 3.11. The molecule has 2 fully saturated rings. The molecule has 1 aliphatic heterocycles. The van der Waals surface area contributed by atoms with Gasteiger partial charge in [0.25, 0.3) is 5.91 Å². The fourth-order valence-electron chi connectivity index (χ4n) is 4.65. The summed E-state index contributed by atoms with van der Waals surface area (Å²) in [7, 11) is 0. The minimum Gasteiger partial charge on any atom is -0.441 e. The predicted molar refractivity (Wildman–Crippen MR) is 123 cm³/mol. The van der Waals surface area contributed by atoms with E-state index in [-0.39, 0.29) is 11.9 Å². The number of nitrogens with zero attached hydrogens (tertiary/aromatic N) is 4. The number of carbonyl (C=O) groups is 1. The summed E-state index contributed by atoms with van der Waals surface area (Å²) in [5.74, 6) is 2.22. The molecule has 1 saturated heterocycles. The van der Waals surface area contributed by atoms with Crippen LogP contribution < -0.4 is 5.32 Å². The lowest BCUT2D eigenvalue weighted by Gasteiger charge is -2.35. The van der Waals surface area contributed by atoms with Crippen molar-refractivity contribution in [3.63, 3.8) is 0 Å². The average molecular weight is 486 g/mol. The smallest absolute Gasteiger partial charge is 0.417 e. The summed E-state index contributed by atoms with van der Waals surface area (Å²) in [6.45, 7) is 6.50. The van der Waals surface area contributed by atoms with Crippen LogP contribution in [-0.4, -0.2) is 44.9 Å². The zero-order valence-corrected chi connectivity index (χ0v) is 19.7. The Kier molecular flexibility index (Phi) is 5.77. The Hall–Kier alpha value is -3.43. The number of piperidine rings is 1. The van der Waals surface area contributed by atoms with E-state index in [9.17, 15) is 18.0 Å². The molecule has 0 bridgehead atoms. The predicted octanol–water partition coefficient (Wildman–Crippen LogP) is 5.04. The van der Waals surface area contributed by atoms with E-state index in [0.29, 0.717) is 59.3 Å². The molecule has 4 heterocycles. The summed E-state index contributed by atoms with van der Waals surface area (Å²) in [6.07, 6.45) is -1.72. The Morgan fingerprint density at radius 1 is 1.11 bits per heavy atom. The first kappa shape index (κ1) is 23.3. The summed E-state index contributed by atoms with van der Waals surface area (Å²) in [5.41, 5.74) is 1.51. The minimum absolute atomic E-state index is 0.140. The van der Waals surface area contributed by atoms with Gasteiger partial charge >= 0.3 is 6.18 Å². The van der Waals surface area contributed by atoms with Gasteiger partial charge in [-0.1, -0.05) is 0 Å². The highest BCUT2D eigenvalue weighted by Gasteiger charge is 2.47. The average Bonchev–Trinajstić information content (AvgIpc) is 3.51. The van der Waals surface area contributed by atoms with Crippen LogP contribution in [0.4, 0.5) is 19.0 Å². The van der Waals surface area contributed by atoms with Crippen molar-refractivity contribution < 1.29 is 22.4 Å². The molecule has 2 aliphatic rings. The number of aryl methyl sites for hydroxylation is 3.